The number of alkyl halides is 2. The molecule has 1 aliphatic heterocycles. The van der Waals surface area contributed by atoms with Gasteiger partial charge >= 0.3 is 5.97 Å². The van der Waals surface area contributed by atoms with Gasteiger partial charge in [-0.1, -0.05) is 23.9 Å². The molecule has 0 fully saturated rings. The molecule has 0 amide bonds. The number of thiophene rings is 1. The highest BCUT2D eigenvalue weighted by Crippen LogP contribution is 2.34. The minimum absolute atomic E-state index is 0.229. The highest BCUT2D eigenvalue weighted by Gasteiger charge is 2.27. The van der Waals surface area contributed by atoms with Crippen molar-refractivity contribution < 1.29 is 26.7 Å². The normalized spacial score (nSPS) is 16.8. The Hall–Kier alpha value is -2.44. The Labute approximate surface area is 178 Å². The van der Waals surface area contributed by atoms with Crippen molar-refractivity contribution in [2.24, 2.45) is 4.99 Å². The number of para-hydroxylation sites is 1. The topological polar surface area (TPSA) is 101 Å². The Bertz CT molecular complexity index is 1250. The highest BCUT2D eigenvalue weighted by molar-refractivity contribution is 8.15. The number of carbonyl (C=O) groups is 1. The van der Waals surface area contributed by atoms with Gasteiger partial charge in [0.1, 0.15) is 9.25 Å². The molecule has 0 spiro atoms. The number of sulfonamides is 1. The lowest BCUT2D eigenvalue weighted by molar-refractivity contribution is -0.141. The molecule has 12 heteroatoms. The van der Waals surface area contributed by atoms with Gasteiger partial charge in [-0.15, -0.1) is 11.3 Å². The Morgan fingerprint density at radius 2 is 2.17 bits per heavy atom. The van der Waals surface area contributed by atoms with Crippen LogP contribution in [0, 0.1) is 0 Å². The van der Waals surface area contributed by atoms with Gasteiger partial charge in [0, 0.05) is 17.9 Å². The van der Waals surface area contributed by atoms with E-state index in [0.717, 1.165) is 17.4 Å². The Balaban J connectivity index is 1.63. The van der Waals surface area contributed by atoms with Crippen LogP contribution in [-0.4, -0.2) is 36.4 Å². The number of aromatic nitrogens is 1. The van der Waals surface area contributed by atoms with E-state index in [4.69, 9.17) is 4.74 Å². The smallest absolute Gasteiger partial charge is 0.303 e. The molecule has 2 aromatic heterocycles. The van der Waals surface area contributed by atoms with Crippen molar-refractivity contribution in [2.75, 3.05) is 11.3 Å². The first-order valence-electron chi connectivity index (χ1n) is 8.63. The Morgan fingerprint density at radius 1 is 1.37 bits per heavy atom. The molecule has 1 aliphatic rings. The molecule has 0 bridgehead atoms. The number of nitrogens with one attached hydrogen (secondary N) is 2. The Morgan fingerprint density at radius 3 is 2.90 bits per heavy atom. The molecule has 0 aliphatic carbocycles. The van der Waals surface area contributed by atoms with E-state index in [2.05, 4.69) is 14.7 Å². The summed E-state index contributed by atoms with van der Waals surface area (Å²) in [4.78, 5) is 18.6. The summed E-state index contributed by atoms with van der Waals surface area (Å²) >= 11 is 2.02. The van der Waals surface area contributed by atoms with E-state index in [0.29, 0.717) is 28.2 Å². The van der Waals surface area contributed by atoms with Gasteiger partial charge in [0.05, 0.1) is 23.4 Å². The summed E-state index contributed by atoms with van der Waals surface area (Å²) in [6.07, 6.45) is -2.89. The average molecular weight is 472 g/mol. The molecule has 1 aromatic carbocycles. The molecule has 0 saturated carbocycles. The number of hydrogen-bond donors (Lipinski definition) is 2. The molecule has 1 unspecified atom stereocenters. The van der Waals surface area contributed by atoms with Crippen LogP contribution in [0.2, 0.25) is 0 Å². The SMILES string of the molecule is CC(=O)OC1CN=C(c2cc3cccc(NS(=O)(=O)c4sccc4C(F)F)c3[nH]2)S1. The van der Waals surface area contributed by atoms with Gasteiger partial charge in [0.25, 0.3) is 16.4 Å². The predicted octanol–water partition coefficient (Wildman–Crippen LogP) is 4.35. The van der Waals surface area contributed by atoms with E-state index in [1.807, 2.05) is 0 Å². The first-order valence-corrected chi connectivity index (χ1v) is 11.9. The second-order valence-electron chi connectivity index (χ2n) is 6.33. The maximum Gasteiger partial charge on any atom is 0.303 e. The number of rotatable bonds is 6. The van der Waals surface area contributed by atoms with Crippen molar-refractivity contribution in [3.05, 3.63) is 47.0 Å². The van der Waals surface area contributed by atoms with Gasteiger partial charge in [-0.3, -0.25) is 14.5 Å². The number of nitrogens with zero attached hydrogens (tertiary/aromatic N) is 1. The summed E-state index contributed by atoms with van der Waals surface area (Å²) in [5.74, 6) is -0.394. The third kappa shape index (κ3) is 4.07. The van der Waals surface area contributed by atoms with Crippen LogP contribution in [0.3, 0.4) is 0 Å². The van der Waals surface area contributed by atoms with Crippen LogP contribution < -0.4 is 4.72 Å². The highest BCUT2D eigenvalue weighted by atomic mass is 32.2. The zero-order valence-electron chi connectivity index (χ0n) is 15.4. The minimum atomic E-state index is -4.19. The molecule has 0 saturated heterocycles. The van der Waals surface area contributed by atoms with Crippen LogP contribution in [-0.2, 0) is 19.6 Å². The largest absolute Gasteiger partial charge is 0.449 e. The minimum Gasteiger partial charge on any atom is -0.449 e. The van der Waals surface area contributed by atoms with E-state index in [1.54, 1.807) is 24.3 Å². The number of halogens is 2. The lowest BCUT2D eigenvalue weighted by Crippen LogP contribution is -2.13. The van der Waals surface area contributed by atoms with Crippen LogP contribution in [0.1, 0.15) is 24.6 Å². The zero-order valence-corrected chi connectivity index (χ0v) is 17.8. The van der Waals surface area contributed by atoms with E-state index in [9.17, 15) is 22.0 Å². The van der Waals surface area contributed by atoms with Crippen molar-refractivity contribution in [2.45, 2.75) is 23.0 Å². The number of aromatic amines is 1. The van der Waals surface area contributed by atoms with Gasteiger partial charge in [-0.25, -0.2) is 17.2 Å². The molecule has 1 atom stereocenters. The molecule has 0 radical (unpaired) electrons. The van der Waals surface area contributed by atoms with E-state index < -0.39 is 37.6 Å². The molecule has 30 heavy (non-hydrogen) atoms. The van der Waals surface area contributed by atoms with E-state index in [1.165, 1.54) is 24.1 Å². The number of anilines is 1. The number of thioether (sulfide) groups is 1. The summed E-state index contributed by atoms with van der Waals surface area (Å²) < 4.78 is 58.8. The lowest BCUT2D eigenvalue weighted by atomic mass is 10.2. The van der Waals surface area contributed by atoms with Crippen molar-refractivity contribution in [1.29, 1.82) is 0 Å². The van der Waals surface area contributed by atoms with Crippen LogP contribution in [0.25, 0.3) is 10.9 Å². The molecule has 4 rings (SSSR count). The van der Waals surface area contributed by atoms with Crippen LogP contribution in [0.15, 0.2) is 44.9 Å². The fraction of sp³-hybridized carbons (Fsp3) is 0.222. The average Bonchev–Trinajstić information content (AvgIpc) is 3.40. The molecule has 3 heterocycles. The van der Waals surface area contributed by atoms with Gasteiger partial charge < -0.3 is 9.72 Å². The van der Waals surface area contributed by atoms with Gasteiger partial charge in [0.15, 0.2) is 5.44 Å². The number of aliphatic imine (C=N–C) groups is 1. The number of hydrogen-bond acceptors (Lipinski definition) is 7. The van der Waals surface area contributed by atoms with Gasteiger partial charge in [-0.2, -0.15) is 0 Å². The second kappa shape index (κ2) is 8.00. The summed E-state index contributed by atoms with van der Waals surface area (Å²) in [6, 6.07) is 7.89. The number of benzene rings is 1. The number of ether oxygens (including phenoxy) is 1. The van der Waals surface area contributed by atoms with Crippen molar-refractivity contribution in [1.82, 2.24) is 4.98 Å². The first kappa shape index (κ1) is 20.8. The monoisotopic (exact) mass is 471 g/mol. The fourth-order valence-corrected chi connectivity index (χ4v) is 6.40. The number of carbonyl (C=O) groups excluding carboxylic acids is 1. The molecule has 7 nitrogen and oxygen atoms in total. The standard InChI is InChI=1S/C18H15F2N3O4S3/c1-9(24)27-14-8-21-17(29-14)13-7-10-3-2-4-12(15(10)22-13)23-30(25,26)18-11(16(19)20)5-6-28-18/h2-7,14,16,22-23H,8H2,1H3. The van der Waals surface area contributed by atoms with Crippen LogP contribution in [0.5, 0.6) is 0 Å². The lowest BCUT2D eigenvalue weighted by Gasteiger charge is -2.09. The number of fused-ring (bicyclic) bond motifs is 1. The summed E-state index contributed by atoms with van der Waals surface area (Å²) in [5.41, 5.74) is 0.423. The molecule has 158 valence electrons. The van der Waals surface area contributed by atoms with Gasteiger partial charge in [0.2, 0.25) is 0 Å². The molecule has 2 N–H and O–H groups in total. The van der Waals surface area contributed by atoms with E-state index >= 15 is 0 Å². The van der Waals surface area contributed by atoms with Crippen LogP contribution >= 0.6 is 23.1 Å². The molecule has 3 aromatic rings. The van der Waals surface area contributed by atoms with Gasteiger partial charge in [-0.05, 0) is 23.6 Å². The van der Waals surface area contributed by atoms with Crippen LogP contribution in [0.4, 0.5) is 14.5 Å². The number of H-pyrrole nitrogens is 1. The summed E-state index contributed by atoms with van der Waals surface area (Å²) in [6.45, 7) is 1.65. The Kier molecular flexibility index (Phi) is 5.55. The number of esters is 1. The quantitative estimate of drug-likeness (QED) is 0.521. The second-order valence-corrected chi connectivity index (χ2v) is 10.3. The first-order chi connectivity index (χ1) is 14.2. The third-order valence-corrected chi connectivity index (χ3v) is 8.15. The van der Waals surface area contributed by atoms with Crippen molar-refractivity contribution >= 4 is 60.7 Å². The van der Waals surface area contributed by atoms with E-state index in [-0.39, 0.29) is 5.69 Å². The summed E-state index contributed by atoms with van der Waals surface area (Å²) in [5, 5.41) is 2.66. The molecular weight excluding hydrogens is 456 g/mol. The van der Waals surface area contributed by atoms with Crippen molar-refractivity contribution in [3.8, 4) is 0 Å². The van der Waals surface area contributed by atoms with Crippen molar-refractivity contribution in [3.63, 3.8) is 0 Å². The predicted molar refractivity (Wildman–Crippen MR) is 113 cm³/mol. The molecular formula is C18H15F2N3O4S3. The maximum absolute atomic E-state index is 13.1. The zero-order chi connectivity index (χ0) is 21.5. The summed E-state index contributed by atoms with van der Waals surface area (Å²) in [7, 11) is -4.19. The fourth-order valence-electron chi connectivity index (χ4n) is 2.98. The maximum atomic E-state index is 13.1. The third-order valence-electron chi connectivity index (χ3n) is 4.19.